The molecule has 104 valence electrons. The Bertz CT molecular complexity index is 761. The molecule has 1 amide bonds. The summed E-state index contributed by atoms with van der Waals surface area (Å²) in [5.74, 6) is -0.0464. The fraction of sp³-hybridized carbons (Fsp3) is 0.312. The largest absolute Gasteiger partial charge is 0.357 e. The average Bonchev–Trinajstić information content (AvgIpc) is 3.05. The van der Waals surface area contributed by atoms with Gasteiger partial charge in [-0.25, -0.2) is 0 Å². The van der Waals surface area contributed by atoms with Crippen LogP contribution < -0.4 is 10.6 Å². The molecule has 4 rings (SSSR count). The van der Waals surface area contributed by atoms with Gasteiger partial charge in [0, 0.05) is 17.2 Å². The van der Waals surface area contributed by atoms with E-state index in [1.807, 2.05) is 24.3 Å². The highest BCUT2D eigenvalue weighted by Crippen LogP contribution is 2.52. The molecule has 0 bridgehead atoms. The summed E-state index contributed by atoms with van der Waals surface area (Å²) in [6, 6.07) is 9.93. The maximum atomic E-state index is 12.8. The number of hydrogen-bond acceptors (Lipinski definition) is 3. The monoisotopic (exact) mass is 295 g/mol. The van der Waals surface area contributed by atoms with E-state index in [2.05, 4.69) is 16.7 Å². The Labute approximate surface area is 127 Å². The molecular formula is C16H13N3OS. The number of carbonyl (C=O) groups is 1. The van der Waals surface area contributed by atoms with E-state index in [-0.39, 0.29) is 11.8 Å². The van der Waals surface area contributed by atoms with E-state index >= 15 is 0 Å². The van der Waals surface area contributed by atoms with Gasteiger partial charge in [0.1, 0.15) is 11.1 Å². The zero-order chi connectivity index (χ0) is 14.6. The second-order valence-corrected chi connectivity index (χ2v) is 6.13. The first kappa shape index (κ1) is 12.5. The molecule has 0 aromatic heterocycles. The molecule has 1 aromatic rings. The lowest BCUT2D eigenvalue weighted by Crippen LogP contribution is -2.58. The second-order valence-electron chi connectivity index (χ2n) is 5.72. The highest BCUT2D eigenvalue weighted by atomic mass is 32.1. The van der Waals surface area contributed by atoms with Gasteiger partial charge in [-0.1, -0.05) is 30.4 Å². The van der Waals surface area contributed by atoms with Crippen LogP contribution in [-0.2, 0) is 10.3 Å². The minimum atomic E-state index is -0.833. The van der Waals surface area contributed by atoms with Crippen LogP contribution in [0.5, 0.6) is 0 Å². The Morgan fingerprint density at radius 3 is 3.00 bits per heavy atom. The lowest BCUT2D eigenvalue weighted by Gasteiger charge is -2.40. The maximum absolute atomic E-state index is 12.8. The van der Waals surface area contributed by atoms with Gasteiger partial charge < -0.3 is 10.6 Å². The SMILES string of the molecule is N#CC1=C2CCC[C@H]2[C@]2(NC1=S)C(=O)Nc1ccccc12. The lowest BCUT2D eigenvalue weighted by molar-refractivity contribution is -0.123. The van der Waals surface area contributed by atoms with Crippen molar-refractivity contribution < 1.29 is 4.79 Å². The van der Waals surface area contributed by atoms with E-state index < -0.39 is 5.54 Å². The van der Waals surface area contributed by atoms with Gasteiger partial charge in [0.05, 0.1) is 5.57 Å². The van der Waals surface area contributed by atoms with Gasteiger partial charge in [0.25, 0.3) is 5.91 Å². The molecule has 5 heteroatoms. The summed E-state index contributed by atoms with van der Waals surface area (Å²) in [6.45, 7) is 0. The topological polar surface area (TPSA) is 64.9 Å². The first-order chi connectivity index (χ1) is 10.2. The van der Waals surface area contributed by atoms with Crippen LogP contribution in [0.3, 0.4) is 0 Å². The first-order valence-corrected chi connectivity index (χ1v) is 7.46. The van der Waals surface area contributed by atoms with Crippen LogP contribution in [0.25, 0.3) is 0 Å². The number of carbonyl (C=O) groups excluding carboxylic acids is 1. The zero-order valence-corrected chi connectivity index (χ0v) is 12.1. The molecule has 2 atom stereocenters. The Morgan fingerprint density at radius 2 is 2.19 bits per heavy atom. The summed E-state index contributed by atoms with van der Waals surface area (Å²) in [5, 5.41) is 15.5. The molecule has 0 radical (unpaired) electrons. The molecule has 21 heavy (non-hydrogen) atoms. The minimum absolute atomic E-state index is 0.0162. The molecule has 1 fully saturated rings. The standard InChI is InChI=1S/C16H13N3OS/c17-8-10-9-4-3-6-11(9)16(19-14(10)21)12-5-1-2-7-13(12)18-15(16)20/h1-2,5,7,11H,3-4,6H2,(H,18,20)(H,19,21)/t11-,16-/m1/s1. The first-order valence-electron chi connectivity index (χ1n) is 7.05. The number of thiocarbonyl (C=S) groups is 1. The maximum Gasteiger partial charge on any atom is 0.255 e. The molecule has 1 aliphatic carbocycles. The van der Waals surface area contributed by atoms with Gasteiger partial charge in [-0.05, 0) is 30.9 Å². The number of fused-ring (bicyclic) bond motifs is 4. The fourth-order valence-electron chi connectivity index (χ4n) is 3.97. The van der Waals surface area contributed by atoms with E-state index in [1.165, 1.54) is 0 Å². The Kier molecular flexibility index (Phi) is 2.48. The van der Waals surface area contributed by atoms with E-state index in [0.717, 1.165) is 36.1 Å². The van der Waals surface area contributed by atoms with Gasteiger partial charge >= 0.3 is 0 Å². The third-order valence-electron chi connectivity index (χ3n) is 4.81. The number of nitrogens with one attached hydrogen (secondary N) is 2. The number of para-hydroxylation sites is 1. The van der Waals surface area contributed by atoms with Crippen LogP contribution in [-0.4, -0.2) is 10.9 Å². The van der Waals surface area contributed by atoms with E-state index in [4.69, 9.17) is 12.2 Å². The van der Waals surface area contributed by atoms with Gasteiger partial charge in [0.2, 0.25) is 0 Å². The summed E-state index contributed by atoms with van der Waals surface area (Å²) in [5.41, 5.74) is 2.56. The van der Waals surface area contributed by atoms with Crippen molar-refractivity contribution in [2.75, 3.05) is 5.32 Å². The quantitative estimate of drug-likeness (QED) is 0.721. The highest BCUT2D eigenvalue weighted by molar-refractivity contribution is 7.80. The molecule has 4 nitrogen and oxygen atoms in total. The molecular weight excluding hydrogens is 282 g/mol. The summed E-state index contributed by atoms with van der Waals surface area (Å²) in [6.07, 6.45) is 2.75. The normalized spacial score (nSPS) is 29.8. The van der Waals surface area contributed by atoms with Gasteiger partial charge in [-0.2, -0.15) is 5.26 Å². The molecule has 1 aromatic carbocycles. The van der Waals surface area contributed by atoms with Crippen molar-refractivity contribution in [3.8, 4) is 6.07 Å². The summed E-state index contributed by atoms with van der Waals surface area (Å²) in [4.78, 5) is 13.2. The Hall–Kier alpha value is -2.19. The Morgan fingerprint density at radius 1 is 1.38 bits per heavy atom. The zero-order valence-electron chi connectivity index (χ0n) is 11.3. The molecule has 0 unspecified atom stereocenters. The molecule has 2 aliphatic heterocycles. The van der Waals surface area contributed by atoms with Crippen molar-refractivity contribution in [2.45, 2.75) is 24.8 Å². The molecule has 3 aliphatic rings. The van der Waals surface area contributed by atoms with E-state index in [9.17, 15) is 10.1 Å². The Balaban J connectivity index is 1.98. The van der Waals surface area contributed by atoms with Gasteiger partial charge in [-0.15, -0.1) is 0 Å². The number of rotatable bonds is 0. The van der Waals surface area contributed by atoms with Gasteiger partial charge in [0.15, 0.2) is 5.54 Å². The highest BCUT2D eigenvalue weighted by Gasteiger charge is 2.57. The third-order valence-corrected chi connectivity index (χ3v) is 5.12. The summed E-state index contributed by atoms with van der Waals surface area (Å²) in [7, 11) is 0. The molecule has 0 saturated heterocycles. The van der Waals surface area contributed by atoms with Crippen LogP contribution in [0.1, 0.15) is 24.8 Å². The van der Waals surface area contributed by atoms with Crippen molar-refractivity contribution in [3.63, 3.8) is 0 Å². The number of benzene rings is 1. The predicted molar refractivity (Wildman–Crippen MR) is 82.5 cm³/mol. The van der Waals surface area contributed by atoms with Crippen LogP contribution in [0.2, 0.25) is 0 Å². The number of nitrogens with zero attached hydrogens (tertiary/aromatic N) is 1. The lowest BCUT2D eigenvalue weighted by atomic mass is 9.72. The molecule has 2 heterocycles. The summed E-state index contributed by atoms with van der Waals surface area (Å²) >= 11 is 5.37. The van der Waals surface area contributed by atoms with Crippen LogP contribution in [0, 0.1) is 17.2 Å². The van der Waals surface area contributed by atoms with Crippen molar-refractivity contribution in [1.29, 1.82) is 5.26 Å². The molecule has 2 N–H and O–H groups in total. The van der Waals surface area contributed by atoms with E-state index in [1.54, 1.807) is 0 Å². The van der Waals surface area contributed by atoms with Crippen molar-refractivity contribution >= 4 is 28.8 Å². The number of anilines is 1. The fourth-order valence-corrected chi connectivity index (χ4v) is 4.31. The van der Waals surface area contributed by atoms with Crippen LogP contribution in [0.4, 0.5) is 5.69 Å². The van der Waals surface area contributed by atoms with Crippen LogP contribution >= 0.6 is 12.2 Å². The third kappa shape index (κ3) is 1.43. The smallest absolute Gasteiger partial charge is 0.255 e. The van der Waals surface area contributed by atoms with Crippen molar-refractivity contribution in [3.05, 3.63) is 41.0 Å². The second kappa shape index (κ2) is 4.15. The minimum Gasteiger partial charge on any atom is -0.357 e. The predicted octanol–water partition coefficient (Wildman–Crippen LogP) is 2.38. The molecule has 1 spiro atoms. The number of nitriles is 1. The summed E-state index contributed by atoms with van der Waals surface area (Å²) < 4.78 is 0. The van der Waals surface area contributed by atoms with E-state index in [0.29, 0.717) is 10.6 Å². The number of hydrogen-bond donors (Lipinski definition) is 2. The molecule has 1 saturated carbocycles. The number of amides is 1. The van der Waals surface area contributed by atoms with Crippen molar-refractivity contribution in [2.24, 2.45) is 5.92 Å². The van der Waals surface area contributed by atoms with Crippen LogP contribution in [0.15, 0.2) is 35.4 Å². The van der Waals surface area contributed by atoms with Crippen molar-refractivity contribution in [1.82, 2.24) is 5.32 Å². The average molecular weight is 295 g/mol. The van der Waals surface area contributed by atoms with Gasteiger partial charge in [-0.3, -0.25) is 4.79 Å².